The molecule has 7 heteroatoms. The lowest BCUT2D eigenvalue weighted by atomic mass is 10.0. The number of nitrogens with one attached hydrogen (secondary N) is 1. The van der Waals surface area contributed by atoms with Gasteiger partial charge in [0.1, 0.15) is 5.84 Å². The van der Waals surface area contributed by atoms with E-state index in [1.165, 1.54) is 0 Å². The van der Waals surface area contributed by atoms with Crippen molar-refractivity contribution in [1.29, 1.82) is 0 Å². The van der Waals surface area contributed by atoms with Gasteiger partial charge in [0.2, 0.25) is 5.89 Å². The zero-order chi connectivity index (χ0) is 15.1. The molecular weight excluding hydrogens is 270 g/mol. The summed E-state index contributed by atoms with van der Waals surface area (Å²) >= 11 is 0. The highest BCUT2D eigenvalue weighted by molar-refractivity contribution is 5.80. The standard InChI is InChI=1S/C14H19N5O2/c1-10-17-14(21-19-10)7-8-16-12(9-13(15)18-20)11-5-3-2-4-6-11/h2-6,12,16,20H,7-9H2,1H3,(H2,15,18). The molecule has 0 spiro atoms. The quantitative estimate of drug-likeness (QED) is 0.307. The Morgan fingerprint density at radius 1 is 1.43 bits per heavy atom. The van der Waals surface area contributed by atoms with Crippen LogP contribution in [0.15, 0.2) is 40.0 Å². The molecule has 0 aliphatic heterocycles. The summed E-state index contributed by atoms with van der Waals surface area (Å²) in [6.07, 6.45) is 1.05. The second-order valence-electron chi connectivity index (χ2n) is 4.70. The van der Waals surface area contributed by atoms with Crippen molar-refractivity contribution in [3.8, 4) is 0 Å². The van der Waals surface area contributed by atoms with Crippen LogP contribution in [0, 0.1) is 6.92 Å². The molecule has 0 aliphatic carbocycles. The highest BCUT2D eigenvalue weighted by Crippen LogP contribution is 2.16. The lowest BCUT2D eigenvalue weighted by Crippen LogP contribution is -2.28. The van der Waals surface area contributed by atoms with Crippen molar-refractivity contribution in [3.63, 3.8) is 0 Å². The molecule has 0 saturated carbocycles. The number of benzene rings is 1. The Bertz CT molecular complexity index is 582. The normalized spacial score (nSPS) is 13.3. The average molecular weight is 289 g/mol. The van der Waals surface area contributed by atoms with Gasteiger partial charge in [-0.25, -0.2) is 0 Å². The number of nitrogens with zero attached hydrogens (tertiary/aromatic N) is 3. The van der Waals surface area contributed by atoms with Crippen LogP contribution in [0.4, 0.5) is 0 Å². The molecule has 0 saturated heterocycles. The van der Waals surface area contributed by atoms with E-state index in [1.807, 2.05) is 30.3 Å². The molecule has 4 N–H and O–H groups in total. The molecule has 0 fully saturated rings. The van der Waals surface area contributed by atoms with Crippen LogP contribution in [0.5, 0.6) is 0 Å². The molecule has 2 rings (SSSR count). The Kier molecular flexibility index (Phi) is 5.28. The Hall–Kier alpha value is -2.41. The molecule has 0 radical (unpaired) electrons. The van der Waals surface area contributed by atoms with Crippen molar-refractivity contribution in [1.82, 2.24) is 15.5 Å². The third kappa shape index (κ3) is 4.57. The van der Waals surface area contributed by atoms with Crippen molar-refractivity contribution < 1.29 is 9.73 Å². The third-order valence-corrected chi connectivity index (χ3v) is 3.04. The van der Waals surface area contributed by atoms with Gasteiger partial charge in [0.25, 0.3) is 0 Å². The summed E-state index contributed by atoms with van der Waals surface area (Å²) in [5.74, 6) is 1.40. The van der Waals surface area contributed by atoms with Gasteiger partial charge in [-0.05, 0) is 12.5 Å². The van der Waals surface area contributed by atoms with E-state index in [4.69, 9.17) is 15.5 Å². The summed E-state index contributed by atoms with van der Waals surface area (Å²) in [7, 11) is 0. The second kappa shape index (κ2) is 7.39. The summed E-state index contributed by atoms with van der Waals surface area (Å²) in [6, 6.07) is 9.82. The first kappa shape index (κ1) is 15.0. The van der Waals surface area contributed by atoms with Crippen LogP contribution in [0.3, 0.4) is 0 Å². The van der Waals surface area contributed by atoms with E-state index in [1.54, 1.807) is 6.92 Å². The van der Waals surface area contributed by atoms with E-state index in [2.05, 4.69) is 20.6 Å². The van der Waals surface area contributed by atoms with Crippen molar-refractivity contribution in [3.05, 3.63) is 47.6 Å². The molecule has 7 nitrogen and oxygen atoms in total. The maximum absolute atomic E-state index is 8.74. The van der Waals surface area contributed by atoms with Gasteiger partial charge >= 0.3 is 0 Å². The Labute approximate surface area is 122 Å². The molecule has 1 unspecified atom stereocenters. The summed E-state index contributed by atoms with van der Waals surface area (Å²) in [4.78, 5) is 4.15. The molecule has 0 bridgehead atoms. The molecule has 1 atom stereocenters. The van der Waals surface area contributed by atoms with Crippen LogP contribution in [-0.2, 0) is 6.42 Å². The largest absolute Gasteiger partial charge is 0.409 e. The van der Waals surface area contributed by atoms with E-state index in [0.717, 1.165) is 5.56 Å². The molecule has 1 aromatic carbocycles. The molecule has 1 aromatic heterocycles. The van der Waals surface area contributed by atoms with Crippen molar-refractivity contribution in [2.45, 2.75) is 25.8 Å². The van der Waals surface area contributed by atoms with Crippen LogP contribution in [-0.4, -0.2) is 27.7 Å². The second-order valence-corrected chi connectivity index (χ2v) is 4.70. The summed E-state index contributed by atoms with van der Waals surface area (Å²) < 4.78 is 5.06. The van der Waals surface area contributed by atoms with Crippen LogP contribution in [0.2, 0.25) is 0 Å². The predicted molar refractivity (Wildman–Crippen MR) is 78.0 cm³/mol. The van der Waals surface area contributed by atoms with Crippen LogP contribution in [0.25, 0.3) is 0 Å². The zero-order valence-corrected chi connectivity index (χ0v) is 11.9. The lowest BCUT2D eigenvalue weighted by molar-refractivity contribution is 0.315. The number of rotatable bonds is 7. The molecule has 112 valence electrons. The van der Waals surface area contributed by atoms with Crippen molar-refractivity contribution >= 4 is 5.84 Å². The van der Waals surface area contributed by atoms with Gasteiger partial charge in [-0.2, -0.15) is 4.98 Å². The first-order valence-corrected chi connectivity index (χ1v) is 6.73. The minimum Gasteiger partial charge on any atom is -0.409 e. The Morgan fingerprint density at radius 3 is 2.81 bits per heavy atom. The molecular formula is C14H19N5O2. The topological polar surface area (TPSA) is 110 Å². The van der Waals surface area contributed by atoms with Gasteiger partial charge in [0.05, 0.1) is 0 Å². The van der Waals surface area contributed by atoms with Crippen LogP contribution < -0.4 is 11.1 Å². The first-order chi connectivity index (χ1) is 10.2. The fourth-order valence-electron chi connectivity index (χ4n) is 2.04. The van der Waals surface area contributed by atoms with Gasteiger partial charge in [-0.15, -0.1) is 0 Å². The molecule has 0 amide bonds. The van der Waals surface area contributed by atoms with Crippen molar-refractivity contribution in [2.75, 3.05) is 6.54 Å². The van der Waals surface area contributed by atoms with Gasteiger partial charge in [0, 0.05) is 25.4 Å². The number of nitrogens with two attached hydrogens (primary N) is 1. The molecule has 0 aliphatic rings. The number of hydrogen-bond donors (Lipinski definition) is 3. The fourth-order valence-corrected chi connectivity index (χ4v) is 2.04. The number of amidine groups is 1. The maximum atomic E-state index is 8.74. The first-order valence-electron chi connectivity index (χ1n) is 6.73. The van der Waals surface area contributed by atoms with Gasteiger partial charge in [0.15, 0.2) is 5.82 Å². The number of aryl methyl sites for hydroxylation is 1. The number of oxime groups is 1. The molecule has 2 aromatic rings. The van der Waals surface area contributed by atoms with E-state index >= 15 is 0 Å². The van der Waals surface area contributed by atoms with E-state index in [9.17, 15) is 0 Å². The summed E-state index contributed by atoms with van der Waals surface area (Å²) in [5.41, 5.74) is 6.69. The van der Waals surface area contributed by atoms with Crippen LogP contribution >= 0.6 is 0 Å². The number of aromatic nitrogens is 2. The van der Waals surface area contributed by atoms with E-state index in [-0.39, 0.29) is 11.9 Å². The SMILES string of the molecule is Cc1noc(CCNC(C/C(N)=N/O)c2ccccc2)n1. The highest BCUT2D eigenvalue weighted by atomic mass is 16.5. The van der Waals surface area contributed by atoms with E-state index in [0.29, 0.717) is 31.1 Å². The smallest absolute Gasteiger partial charge is 0.227 e. The van der Waals surface area contributed by atoms with Gasteiger partial charge in [-0.1, -0.05) is 40.6 Å². The van der Waals surface area contributed by atoms with Gasteiger partial charge in [-0.3, -0.25) is 0 Å². The summed E-state index contributed by atoms with van der Waals surface area (Å²) in [6.45, 7) is 2.44. The highest BCUT2D eigenvalue weighted by Gasteiger charge is 2.13. The Morgan fingerprint density at radius 2 is 2.19 bits per heavy atom. The third-order valence-electron chi connectivity index (χ3n) is 3.04. The molecule has 21 heavy (non-hydrogen) atoms. The summed E-state index contributed by atoms with van der Waals surface area (Å²) in [5, 5.41) is 18.9. The minimum absolute atomic E-state index is 0.0360. The van der Waals surface area contributed by atoms with E-state index < -0.39 is 0 Å². The lowest BCUT2D eigenvalue weighted by Gasteiger charge is -2.18. The zero-order valence-electron chi connectivity index (χ0n) is 11.9. The predicted octanol–water partition coefficient (Wildman–Crippen LogP) is 1.39. The average Bonchev–Trinajstić information content (AvgIpc) is 2.92. The van der Waals surface area contributed by atoms with Crippen molar-refractivity contribution in [2.24, 2.45) is 10.9 Å². The fraction of sp³-hybridized carbons (Fsp3) is 0.357. The minimum atomic E-state index is -0.0360. The molecule has 1 heterocycles. The van der Waals surface area contributed by atoms with Gasteiger partial charge < -0.3 is 20.8 Å². The number of hydrogen-bond acceptors (Lipinski definition) is 6. The Balaban J connectivity index is 1.96. The maximum Gasteiger partial charge on any atom is 0.227 e. The monoisotopic (exact) mass is 289 g/mol. The van der Waals surface area contributed by atoms with Crippen LogP contribution in [0.1, 0.15) is 29.7 Å².